The number of benzene rings is 1. The molecular weight excluding hydrogens is 256 g/mol. The van der Waals surface area contributed by atoms with Crippen LogP contribution < -0.4 is 15.2 Å². The zero-order valence-corrected chi connectivity index (χ0v) is 11.7. The molecule has 5 heteroatoms. The van der Waals surface area contributed by atoms with E-state index in [4.69, 9.17) is 19.7 Å². The summed E-state index contributed by atoms with van der Waals surface area (Å²) in [5.74, 6) is 2.21. The fourth-order valence-electron chi connectivity index (χ4n) is 2.52. The molecule has 1 aromatic carbocycles. The third-order valence-electron chi connectivity index (χ3n) is 3.42. The van der Waals surface area contributed by atoms with E-state index in [2.05, 4.69) is 19.0 Å². The molecule has 0 saturated carbocycles. The topological polar surface area (TPSA) is 70.5 Å². The molecule has 20 heavy (non-hydrogen) atoms. The highest BCUT2D eigenvalue weighted by atomic mass is 16.5. The summed E-state index contributed by atoms with van der Waals surface area (Å²) in [6, 6.07) is 3.92. The normalized spacial score (nSPS) is 14.3. The Labute approximate surface area is 117 Å². The molecule has 1 aliphatic heterocycles. The first-order valence-electron chi connectivity index (χ1n) is 6.81. The second-order valence-electron chi connectivity index (χ2n) is 5.16. The Balaban J connectivity index is 2.21. The van der Waals surface area contributed by atoms with E-state index < -0.39 is 0 Å². The van der Waals surface area contributed by atoms with Crippen molar-refractivity contribution in [3.63, 3.8) is 0 Å². The third-order valence-corrected chi connectivity index (χ3v) is 3.42. The number of fused-ring (bicyclic) bond motifs is 1. The summed E-state index contributed by atoms with van der Waals surface area (Å²) in [6.45, 7) is 5.59. The predicted molar refractivity (Wildman–Crippen MR) is 76.0 cm³/mol. The number of nitrogens with two attached hydrogens (primary N) is 1. The van der Waals surface area contributed by atoms with Gasteiger partial charge in [-0.25, -0.2) is 0 Å². The Bertz CT molecular complexity index is 620. The zero-order chi connectivity index (χ0) is 14.1. The van der Waals surface area contributed by atoms with Gasteiger partial charge in [0.05, 0.1) is 25.0 Å². The second kappa shape index (κ2) is 5.07. The highest BCUT2D eigenvalue weighted by Crippen LogP contribution is 2.44. The first-order chi connectivity index (χ1) is 9.68. The van der Waals surface area contributed by atoms with Gasteiger partial charge in [-0.05, 0) is 23.6 Å². The van der Waals surface area contributed by atoms with Crippen molar-refractivity contribution in [1.29, 1.82) is 0 Å². The molecule has 2 N–H and O–H groups in total. The lowest BCUT2D eigenvalue weighted by Gasteiger charge is -2.18. The highest BCUT2D eigenvalue weighted by Gasteiger charge is 2.23. The van der Waals surface area contributed by atoms with Gasteiger partial charge in [-0.2, -0.15) is 0 Å². The number of ether oxygens (including phenoxy) is 2. The summed E-state index contributed by atoms with van der Waals surface area (Å²) in [5.41, 5.74) is 8.71. The van der Waals surface area contributed by atoms with E-state index in [0.29, 0.717) is 19.1 Å². The van der Waals surface area contributed by atoms with E-state index >= 15 is 0 Å². The van der Waals surface area contributed by atoms with Crippen molar-refractivity contribution < 1.29 is 14.0 Å². The number of anilines is 1. The number of rotatable bonds is 2. The quantitative estimate of drug-likeness (QED) is 0.910. The fourth-order valence-corrected chi connectivity index (χ4v) is 2.52. The van der Waals surface area contributed by atoms with Crippen molar-refractivity contribution >= 4 is 5.88 Å². The van der Waals surface area contributed by atoms with Gasteiger partial charge >= 0.3 is 0 Å². The van der Waals surface area contributed by atoms with Gasteiger partial charge in [-0.15, -0.1) is 0 Å². The Hall–Kier alpha value is -2.17. The molecule has 5 nitrogen and oxygen atoms in total. The van der Waals surface area contributed by atoms with Gasteiger partial charge in [-0.3, -0.25) is 0 Å². The van der Waals surface area contributed by atoms with Gasteiger partial charge in [0.15, 0.2) is 11.5 Å². The van der Waals surface area contributed by atoms with Crippen LogP contribution in [0.3, 0.4) is 0 Å². The molecule has 0 fully saturated rings. The van der Waals surface area contributed by atoms with Crippen molar-refractivity contribution in [2.75, 3.05) is 18.9 Å². The summed E-state index contributed by atoms with van der Waals surface area (Å²) < 4.78 is 16.6. The molecule has 3 rings (SSSR count). The Kier molecular flexibility index (Phi) is 3.26. The number of hydrogen-bond acceptors (Lipinski definition) is 5. The third kappa shape index (κ3) is 2.09. The molecule has 0 spiro atoms. The molecular formula is C15H18N2O3. The van der Waals surface area contributed by atoms with E-state index in [1.165, 1.54) is 0 Å². The zero-order valence-electron chi connectivity index (χ0n) is 11.7. The maximum absolute atomic E-state index is 5.90. The predicted octanol–water partition coefficient (Wildman–Crippen LogP) is 3.21. The number of nitrogens with zero attached hydrogens (tertiary/aromatic N) is 1. The second-order valence-corrected chi connectivity index (χ2v) is 5.16. The highest BCUT2D eigenvalue weighted by molar-refractivity contribution is 5.78. The van der Waals surface area contributed by atoms with E-state index in [0.717, 1.165) is 34.6 Å². The van der Waals surface area contributed by atoms with E-state index in [-0.39, 0.29) is 5.92 Å². The fraction of sp³-hybridized carbons (Fsp3) is 0.400. The van der Waals surface area contributed by atoms with Crippen LogP contribution >= 0.6 is 0 Å². The maximum atomic E-state index is 5.90. The summed E-state index contributed by atoms with van der Waals surface area (Å²) in [4.78, 5) is 0. The molecule has 0 amide bonds. The van der Waals surface area contributed by atoms with Gasteiger partial charge in [0.1, 0.15) is 0 Å². The van der Waals surface area contributed by atoms with Crippen molar-refractivity contribution in [3.8, 4) is 22.6 Å². The van der Waals surface area contributed by atoms with Gasteiger partial charge < -0.3 is 19.7 Å². The molecule has 106 valence electrons. The monoisotopic (exact) mass is 274 g/mol. The lowest BCUT2D eigenvalue weighted by molar-refractivity contribution is 0.296. The minimum absolute atomic E-state index is 0.274. The summed E-state index contributed by atoms with van der Waals surface area (Å²) in [5, 5.41) is 3.76. The molecule has 0 atom stereocenters. The average molecular weight is 274 g/mol. The summed E-state index contributed by atoms with van der Waals surface area (Å²) in [6.07, 6.45) is 2.53. The average Bonchev–Trinajstić information content (AvgIpc) is 2.71. The van der Waals surface area contributed by atoms with Crippen LogP contribution in [0.2, 0.25) is 0 Å². The lowest BCUT2D eigenvalue weighted by Crippen LogP contribution is -2.02. The van der Waals surface area contributed by atoms with Gasteiger partial charge in [0, 0.05) is 12.0 Å². The van der Waals surface area contributed by atoms with Gasteiger partial charge in [0.2, 0.25) is 5.88 Å². The van der Waals surface area contributed by atoms with Crippen LogP contribution in [0.4, 0.5) is 5.88 Å². The molecule has 2 aromatic rings. The smallest absolute Gasteiger partial charge is 0.229 e. The first-order valence-corrected chi connectivity index (χ1v) is 6.81. The molecule has 0 unspecified atom stereocenters. The molecule has 0 radical (unpaired) electrons. The van der Waals surface area contributed by atoms with Crippen molar-refractivity contribution in [2.45, 2.75) is 26.2 Å². The van der Waals surface area contributed by atoms with Crippen molar-refractivity contribution in [3.05, 3.63) is 23.9 Å². The van der Waals surface area contributed by atoms with Crippen LogP contribution in [-0.4, -0.2) is 18.4 Å². The van der Waals surface area contributed by atoms with E-state index in [9.17, 15) is 0 Å². The van der Waals surface area contributed by atoms with Crippen LogP contribution in [-0.2, 0) is 0 Å². The number of hydrogen-bond donors (Lipinski definition) is 1. The Morgan fingerprint density at radius 2 is 1.95 bits per heavy atom. The molecule has 1 aliphatic rings. The molecule has 0 aliphatic carbocycles. The number of nitrogen functional groups attached to an aromatic ring is 1. The van der Waals surface area contributed by atoms with Crippen LogP contribution in [0, 0.1) is 0 Å². The van der Waals surface area contributed by atoms with Gasteiger partial charge in [-0.1, -0.05) is 19.0 Å². The van der Waals surface area contributed by atoms with Crippen LogP contribution in [0.25, 0.3) is 11.1 Å². The minimum Gasteiger partial charge on any atom is -0.490 e. The van der Waals surface area contributed by atoms with Crippen LogP contribution in [0.15, 0.2) is 22.9 Å². The molecule has 0 bridgehead atoms. The standard InChI is InChI=1S/C15H18N2O3/c1-9(2)13-10(11-8-17-20-15(11)16)4-5-12-14(13)19-7-3-6-18-12/h4-5,8-9H,3,6-7,16H2,1-2H3. The van der Waals surface area contributed by atoms with Crippen LogP contribution in [0.1, 0.15) is 31.7 Å². The largest absolute Gasteiger partial charge is 0.490 e. The van der Waals surface area contributed by atoms with Crippen LogP contribution in [0.5, 0.6) is 11.5 Å². The first kappa shape index (κ1) is 12.8. The van der Waals surface area contributed by atoms with E-state index in [1.807, 2.05) is 12.1 Å². The maximum Gasteiger partial charge on any atom is 0.229 e. The summed E-state index contributed by atoms with van der Waals surface area (Å²) >= 11 is 0. The Morgan fingerprint density at radius 1 is 1.15 bits per heavy atom. The van der Waals surface area contributed by atoms with Crippen molar-refractivity contribution in [2.24, 2.45) is 0 Å². The van der Waals surface area contributed by atoms with E-state index in [1.54, 1.807) is 6.20 Å². The molecule has 0 saturated heterocycles. The van der Waals surface area contributed by atoms with Crippen molar-refractivity contribution in [1.82, 2.24) is 5.16 Å². The Morgan fingerprint density at radius 3 is 2.65 bits per heavy atom. The SMILES string of the molecule is CC(C)c1c(-c2cnoc2N)ccc2c1OCCCO2. The molecule has 2 heterocycles. The van der Waals surface area contributed by atoms with Gasteiger partial charge in [0.25, 0.3) is 0 Å². The lowest BCUT2D eigenvalue weighted by atomic mass is 9.92. The molecule has 1 aromatic heterocycles. The summed E-state index contributed by atoms with van der Waals surface area (Å²) in [7, 11) is 0. The number of aromatic nitrogens is 1. The minimum atomic E-state index is 0.274.